The number of hydrogen-bond acceptors (Lipinski definition) is 7. The van der Waals surface area contributed by atoms with Crippen LogP contribution < -0.4 is 29.7 Å². The molecule has 0 heterocycles. The Balaban J connectivity index is 2.40. The number of hydrogen-bond donors (Lipinski definition) is 1. The Morgan fingerprint density at radius 3 is 2.36 bits per heavy atom. The van der Waals surface area contributed by atoms with E-state index in [1.807, 2.05) is 13.0 Å². The van der Waals surface area contributed by atoms with Crippen LogP contribution in [0.15, 0.2) is 29.1 Å². The molecule has 2 aromatic rings. The number of esters is 1. The molecule has 0 radical (unpaired) electrons. The van der Waals surface area contributed by atoms with Gasteiger partial charge in [0.2, 0.25) is 17.1 Å². The first-order valence-electron chi connectivity index (χ1n) is 10.8. The number of ether oxygens (including phenoxy) is 4. The summed E-state index contributed by atoms with van der Waals surface area (Å²) in [6.45, 7) is 3.32. The lowest BCUT2D eigenvalue weighted by Crippen LogP contribution is -2.26. The molecule has 0 aromatic heterocycles. The molecule has 1 atom stereocenters. The van der Waals surface area contributed by atoms with Crippen molar-refractivity contribution in [1.82, 2.24) is 5.32 Å². The molecule has 0 fully saturated rings. The highest BCUT2D eigenvalue weighted by Gasteiger charge is 2.30. The number of amides is 1. The second-order valence-electron chi connectivity index (χ2n) is 7.77. The number of aryl methyl sites for hydroxylation is 1. The monoisotopic (exact) mass is 455 g/mol. The lowest BCUT2D eigenvalue weighted by atomic mass is 9.95. The second kappa shape index (κ2) is 10.4. The zero-order chi connectivity index (χ0) is 24.1. The molecule has 1 aliphatic carbocycles. The average molecular weight is 456 g/mol. The first kappa shape index (κ1) is 24.1. The summed E-state index contributed by atoms with van der Waals surface area (Å²) >= 11 is 0. The van der Waals surface area contributed by atoms with Gasteiger partial charge in [0.1, 0.15) is 0 Å². The molecule has 8 nitrogen and oxygen atoms in total. The fraction of sp³-hybridized carbons (Fsp3) is 0.400. The van der Waals surface area contributed by atoms with Gasteiger partial charge in [0.05, 0.1) is 27.4 Å². The number of nitrogens with one attached hydrogen (secondary N) is 1. The Morgan fingerprint density at radius 2 is 1.76 bits per heavy atom. The second-order valence-corrected chi connectivity index (χ2v) is 7.77. The third-order valence-corrected chi connectivity index (χ3v) is 5.56. The van der Waals surface area contributed by atoms with Gasteiger partial charge in [0.25, 0.3) is 0 Å². The summed E-state index contributed by atoms with van der Waals surface area (Å²) in [6.07, 6.45) is 1.93. The van der Waals surface area contributed by atoms with Gasteiger partial charge in [-0.15, -0.1) is 0 Å². The van der Waals surface area contributed by atoms with Gasteiger partial charge < -0.3 is 24.3 Å². The van der Waals surface area contributed by atoms with E-state index in [1.165, 1.54) is 34.3 Å². The normalized spacial score (nSPS) is 14.3. The largest absolute Gasteiger partial charge is 0.493 e. The van der Waals surface area contributed by atoms with E-state index >= 15 is 0 Å². The highest BCUT2D eigenvalue weighted by atomic mass is 16.6. The van der Waals surface area contributed by atoms with E-state index in [4.69, 9.17) is 18.9 Å². The van der Waals surface area contributed by atoms with Crippen molar-refractivity contribution in [3.05, 3.63) is 45.6 Å². The molecule has 1 aliphatic rings. The highest BCUT2D eigenvalue weighted by molar-refractivity contribution is 5.86. The predicted molar refractivity (Wildman–Crippen MR) is 123 cm³/mol. The third-order valence-electron chi connectivity index (χ3n) is 5.56. The molecular weight excluding hydrogens is 426 g/mol. The maximum atomic E-state index is 12.8. The smallest absolute Gasteiger partial charge is 0.311 e. The summed E-state index contributed by atoms with van der Waals surface area (Å²) in [6, 6.07) is 6.21. The molecule has 0 spiro atoms. The first-order chi connectivity index (χ1) is 15.8. The summed E-state index contributed by atoms with van der Waals surface area (Å²) in [7, 11) is 4.41. The highest BCUT2D eigenvalue weighted by Crippen LogP contribution is 2.50. The molecule has 1 amide bonds. The van der Waals surface area contributed by atoms with Gasteiger partial charge in [-0.3, -0.25) is 14.4 Å². The molecular formula is C25H29NO7. The van der Waals surface area contributed by atoms with Gasteiger partial charge in [-0.05, 0) is 54.2 Å². The Kier molecular flexibility index (Phi) is 7.58. The van der Waals surface area contributed by atoms with Crippen molar-refractivity contribution in [1.29, 1.82) is 0 Å². The standard InChI is InChI=1S/C25H29NO7/c1-6-7-22(29)33-25-23-15(12-21(31-4)24(25)32-5)8-10-18(26-14(2)27)17-13-19(28)20(30-3)11-9-16(17)23/h9,11-13,18H,6-8,10H2,1-5H3,(H,26,27)/t18-/m0/s1. The van der Waals surface area contributed by atoms with Crippen LogP contribution in [0.25, 0.3) is 11.1 Å². The van der Waals surface area contributed by atoms with Crippen LogP contribution in [0.3, 0.4) is 0 Å². The number of carbonyl (C=O) groups excluding carboxylic acids is 2. The van der Waals surface area contributed by atoms with E-state index in [0.717, 1.165) is 5.56 Å². The van der Waals surface area contributed by atoms with Gasteiger partial charge in [-0.1, -0.05) is 13.0 Å². The maximum absolute atomic E-state index is 12.8. The Bertz CT molecular complexity index is 1130. The van der Waals surface area contributed by atoms with Crippen molar-refractivity contribution < 1.29 is 28.5 Å². The van der Waals surface area contributed by atoms with Gasteiger partial charge in [0, 0.05) is 18.9 Å². The Hall–Kier alpha value is -3.55. The van der Waals surface area contributed by atoms with Crippen LogP contribution in [0.1, 0.15) is 50.3 Å². The molecule has 0 saturated carbocycles. The Morgan fingerprint density at radius 1 is 1.03 bits per heavy atom. The van der Waals surface area contributed by atoms with Crippen molar-refractivity contribution >= 4 is 11.9 Å². The van der Waals surface area contributed by atoms with Crippen LogP contribution in [0, 0.1) is 0 Å². The van der Waals surface area contributed by atoms with Crippen molar-refractivity contribution in [2.75, 3.05) is 21.3 Å². The van der Waals surface area contributed by atoms with Crippen molar-refractivity contribution in [3.63, 3.8) is 0 Å². The van der Waals surface area contributed by atoms with E-state index in [2.05, 4.69) is 5.32 Å². The molecule has 0 aliphatic heterocycles. The third kappa shape index (κ3) is 4.94. The van der Waals surface area contributed by atoms with E-state index in [9.17, 15) is 14.4 Å². The van der Waals surface area contributed by atoms with Gasteiger partial charge in [0.15, 0.2) is 17.2 Å². The van der Waals surface area contributed by atoms with Gasteiger partial charge >= 0.3 is 5.97 Å². The topological polar surface area (TPSA) is 100 Å². The fourth-order valence-electron chi connectivity index (χ4n) is 4.13. The molecule has 33 heavy (non-hydrogen) atoms. The molecule has 2 aromatic carbocycles. The number of methoxy groups -OCH3 is 3. The first-order valence-corrected chi connectivity index (χ1v) is 10.8. The van der Waals surface area contributed by atoms with Crippen LogP contribution >= 0.6 is 0 Å². The van der Waals surface area contributed by atoms with Gasteiger partial charge in [-0.2, -0.15) is 0 Å². The Labute approximate surface area is 192 Å². The maximum Gasteiger partial charge on any atom is 0.311 e. The predicted octanol–water partition coefficient (Wildman–Crippen LogP) is 3.57. The number of rotatable bonds is 7. The number of benzene rings is 1. The lowest BCUT2D eigenvalue weighted by Gasteiger charge is -2.20. The van der Waals surface area contributed by atoms with Crippen LogP contribution in [0.2, 0.25) is 0 Å². The van der Waals surface area contributed by atoms with Gasteiger partial charge in [-0.25, -0.2) is 0 Å². The number of fused-ring (bicyclic) bond motifs is 3. The minimum Gasteiger partial charge on any atom is -0.493 e. The summed E-state index contributed by atoms with van der Waals surface area (Å²) in [4.78, 5) is 37.3. The molecule has 176 valence electrons. The summed E-state index contributed by atoms with van der Waals surface area (Å²) in [5.74, 6) is 0.484. The summed E-state index contributed by atoms with van der Waals surface area (Å²) < 4.78 is 22.2. The quantitative estimate of drug-likeness (QED) is 0.503. The van der Waals surface area contributed by atoms with E-state index < -0.39 is 12.0 Å². The SMILES string of the molecule is CCCC(=O)Oc1c(OC)c(OC)cc2c1-c1ccc(OC)c(=O)cc1[C@@H](NC(C)=O)CC2. The minimum absolute atomic E-state index is 0.163. The molecule has 8 heteroatoms. The minimum atomic E-state index is -0.425. The van der Waals surface area contributed by atoms with Crippen LogP contribution in [-0.4, -0.2) is 33.2 Å². The van der Waals surface area contributed by atoms with E-state index in [-0.39, 0.29) is 35.0 Å². The summed E-state index contributed by atoms with van der Waals surface area (Å²) in [5, 5.41) is 2.94. The van der Waals surface area contributed by atoms with E-state index in [1.54, 1.807) is 12.1 Å². The molecule has 0 bridgehead atoms. The molecule has 0 unspecified atom stereocenters. The van der Waals surface area contributed by atoms with Crippen LogP contribution in [-0.2, 0) is 16.0 Å². The zero-order valence-corrected chi connectivity index (χ0v) is 19.6. The lowest BCUT2D eigenvalue weighted by molar-refractivity contribution is -0.134. The van der Waals surface area contributed by atoms with Crippen molar-refractivity contribution in [2.45, 2.75) is 45.6 Å². The number of carbonyl (C=O) groups is 2. The van der Waals surface area contributed by atoms with Crippen LogP contribution in [0.4, 0.5) is 0 Å². The molecule has 0 saturated heterocycles. The van der Waals surface area contributed by atoms with Crippen LogP contribution in [0.5, 0.6) is 23.0 Å². The summed E-state index contributed by atoms with van der Waals surface area (Å²) in [5.41, 5.74) is 2.40. The molecule has 3 rings (SSSR count). The van der Waals surface area contributed by atoms with Crippen molar-refractivity contribution in [2.24, 2.45) is 0 Å². The van der Waals surface area contributed by atoms with E-state index in [0.29, 0.717) is 41.7 Å². The fourth-order valence-corrected chi connectivity index (χ4v) is 4.13. The molecule has 1 N–H and O–H groups in total. The van der Waals surface area contributed by atoms with Crippen molar-refractivity contribution in [3.8, 4) is 34.1 Å². The zero-order valence-electron chi connectivity index (χ0n) is 19.6. The average Bonchev–Trinajstić information content (AvgIpc) is 3.02.